The molecule has 1 aliphatic carbocycles. The Hall–Kier alpha value is -2.83. The fourth-order valence-corrected chi connectivity index (χ4v) is 3.85. The standard InChI is InChI=1S/C23H20ClN3/c1-15-12-19(9-8-16(15)10-11-25)26-23-14-22(17-4-2-5-18(24)13-17)27-21-7-3-6-20(21)23/h2,4-5,8-9,12-14H,3,6-7,10H2,1H3,(H,26,27). The zero-order chi connectivity index (χ0) is 18.8. The fraction of sp³-hybridized carbons (Fsp3) is 0.217. The molecule has 4 rings (SSSR count). The molecule has 0 amide bonds. The first kappa shape index (κ1) is 17.6. The number of aromatic nitrogens is 1. The molecule has 1 heterocycles. The highest BCUT2D eigenvalue weighted by Crippen LogP contribution is 2.34. The van der Waals surface area contributed by atoms with Gasteiger partial charge in [-0.2, -0.15) is 5.26 Å². The summed E-state index contributed by atoms with van der Waals surface area (Å²) in [4.78, 5) is 4.89. The van der Waals surface area contributed by atoms with Gasteiger partial charge >= 0.3 is 0 Å². The van der Waals surface area contributed by atoms with Crippen LogP contribution in [0.1, 0.15) is 28.8 Å². The minimum Gasteiger partial charge on any atom is -0.355 e. The summed E-state index contributed by atoms with van der Waals surface area (Å²) in [7, 11) is 0. The molecule has 0 bridgehead atoms. The van der Waals surface area contributed by atoms with Crippen LogP contribution in [0.5, 0.6) is 0 Å². The van der Waals surface area contributed by atoms with Crippen molar-refractivity contribution in [2.24, 2.45) is 0 Å². The normalized spacial score (nSPS) is 12.5. The zero-order valence-electron chi connectivity index (χ0n) is 15.2. The molecule has 0 atom stereocenters. The van der Waals surface area contributed by atoms with E-state index in [0.717, 1.165) is 53.0 Å². The van der Waals surface area contributed by atoms with Gasteiger partial charge < -0.3 is 5.32 Å². The minimum absolute atomic E-state index is 0.440. The van der Waals surface area contributed by atoms with Crippen LogP contribution in [-0.2, 0) is 19.3 Å². The molecule has 0 radical (unpaired) electrons. The lowest BCUT2D eigenvalue weighted by atomic mass is 10.0. The van der Waals surface area contributed by atoms with Gasteiger partial charge in [0.15, 0.2) is 0 Å². The maximum Gasteiger partial charge on any atom is 0.0726 e. The van der Waals surface area contributed by atoms with Gasteiger partial charge in [0.2, 0.25) is 0 Å². The van der Waals surface area contributed by atoms with E-state index >= 15 is 0 Å². The van der Waals surface area contributed by atoms with Gasteiger partial charge in [-0.15, -0.1) is 0 Å². The SMILES string of the molecule is Cc1cc(Nc2cc(-c3cccc(Cl)c3)nc3c2CCC3)ccc1CC#N. The van der Waals surface area contributed by atoms with E-state index in [4.69, 9.17) is 21.8 Å². The van der Waals surface area contributed by atoms with Gasteiger partial charge in [0.05, 0.1) is 18.2 Å². The lowest BCUT2D eigenvalue weighted by Gasteiger charge is -2.15. The number of nitriles is 1. The van der Waals surface area contributed by atoms with Crippen molar-refractivity contribution in [1.29, 1.82) is 5.26 Å². The number of hydrogen-bond acceptors (Lipinski definition) is 3. The summed E-state index contributed by atoms with van der Waals surface area (Å²) >= 11 is 6.17. The molecule has 4 heteroatoms. The molecule has 1 aromatic heterocycles. The van der Waals surface area contributed by atoms with Gasteiger partial charge in [-0.05, 0) is 73.2 Å². The molecular formula is C23H20ClN3. The molecule has 0 spiro atoms. The van der Waals surface area contributed by atoms with Crippen LogP contribution in [0.3, 0.4) is 0 Å². The summed E-state index contributed by atoms with van der Waals surface area (Å²) in [6.07, 6.45) is 3.64. The van der Waals surface area contributed by atoms with Crippen molar-refractivity contribution >= 4 is 23.0 Å². The molecule has 1 aliphatic rings. The minimum atomic E-state index is 0.440. The second-order valence-corrected chi connectivity index (χ2v) is 7.38. The first-order chi connectivity index (χ1) is 13.1. The van der Waals surface area contributed by atoms with E-state index in [0.29, 0.717) is 11.4 Å². The first-order valence-corrected chi connectivity index (χ1v) is 9.54. The number of hydrogen-bond donors (Lipinski definition) is 1. The van der Waals surface area contributed by atoms with Crippen LogP contribution in [0.2, 0.25) is 5.02 Å². The number of nitrogens with zero attached hydrogens (tertiary/aromatic N) is 2. The number of rotatable bonds is 4. The third kappa shape index (κ3) is 3.67. The Labute approximate surface area is 164 Å². The van der Waals surface area contributed by atoms with Gasteiger partial charge in [-0.25, -0.2) is 0 Å². The van der Waals surface area contributed by atoms with E-state index in [9.17, 15) is 0 Å². The lowest BCUT2D eigenvalue weighted by molar-refractivity contribution is 0.900. The van der Waals surface area contributed by atoms with Crippen LogP contribution in [0.15, 0.2) is 48.5 Å². The molecular weight excluding hydrogens is 354 g/mol. The quantitative estimate of drug-likeness (QED) is 0.609. The monoisotopic (exact) mass is 373 g/mol. The van der Waals surface area contributed by atoms with Crippen molar-refractivity contribution in [3.63, 3.8) is 0 Å². The molecule has 0 fully saturated rings. The highest BCUT2D eigenvalue weighted by atomic mass is 35.5. The third-order valence-electron chi connectivity index (χ3n) is 5.06. The summed E-state index contributed by atoms with van der Waals surface area (Å²) in [6, 6.07) is 18.3. The van der Waals surface area contributed by atoms with Gasteiger partial charge in [0.25, 0.3) is 0 Å². The number of pyridine rings is 1. The predicted molar refractivity (Wildman–Crippen MR) is 110 cm³/mol. The van der Waals surface area contributed by atoms with Crippen LogP contribution in [0.25, 0.3) is 11.3 Å². The smallest absolute Gasteiger partial charge is 0.0726 e. The summed E-state index contributed by atoms with van der Waals surface area (Å²) < 4.78 is 0. The molecule has 0 aliphatic heterocycles. The van der Waals surface area contributed by atoms with Gasteiger partial charge in [-0.3, -0.25) is 4.98 Å². The van der Waals surface area contributed by atoms with Crippen molar-refractivity contribution in [1.82, 2.24) is 4.98 Å². The second kappa shape index (κ2) is 7.42. The zero-order valence-corrected chi connectivity index (χ0v) is 16.0. The average Bonchev–Trinajstić information content (AvgIpc) is 3.13. The van der Waals surface area contributed by atoms with E-state index in [-0.39, 0.29) is 0 Å². The summed E-state index contributed by atoms with van der Waals surface area (Å²) in [5.74, 6) is 0. The highest BCUT2D eigenvalue weighted by Gasteiger charge is 2.19. The number of benzene rings is 2. The Balaban J connectivity index is 1.72. The molecule has 0 unspecified atom stereocenters. The van der Waals surface area contributed by atoms with E-state index < -0.39 is 0 Å². The molecule has 1 N–H and O–H groups in total. The van der Waals surface area contributed by atoms with E-state index in [1.165, 1.54) is 11.3 Å². The summed E-state index contributed by atoms with van der Waals surface area (Å²) in [5, 5.41) is 13.2. The first-order valence-electron chi connectivity index (χ1n) is 9.16. The molecule has 27 heavy (non-hydrogen) atoms. The van der Waals surface area contributed by atoms with Crippen molar-refractivity contribution in [2.45, 2.75) is 32.6 Å². The Kier molecular flexibility index (Phi) is 4.83. The fourth-order valence-electron chi connectivity index (χ4n) is 3.66. The van der Waals surface area contributed by atoms with Crippen LogP contribution >= 0.6 is 11.6 Å². The second-order valence-electron chi connectivity index (χ2n) is 6.95. The number of fused-ring (bicyclic) bond motifs is 1. The molecule has 134 valence electrons. The van der Waals surface area contributed by atoms with E-state index in [1.54, 1.807) is 0 Å². The van der Waals surface area contributed by atoms with Crippen LogP contribution in [0, 0.1) is 18.3 Å². The Morgan fingerprint density at radius 2 is 2.04 bits per heavy atom. The lowest BCUT2D eigenvalue weighted by Crippen LogP contribution is -2.00. The topological polar surface area (TPSA) is 48.7 Å². The maximum atomic E-state index is 8.93. The van der Waals surface area contributed by atoms with Crippen LogP contribution in [0.4, 0.5) is 11.4 Å². The average molecular weight is 374 g/mol. The molecule has 2 aromatic carbocycles. The van der Waals surface area contributed by atoms with Crippen molar-refractivity contribution in [3.8, 4) is 17.3 Å². The third-order valence-corrected chi connectivity index (χ3v) is 5.30. The van der Waals surface area contributed by atoms with Crippen LogP contribution in [-0.4, -0.2) is 4.98 Å². The van der Waals surface area contributed by atoms with Crippen molar-refractivity contribution in [2.75, 3.05) is 5.32 Å². The Morgan fingerprint density at radius 3 is 2.81 bits per heavy atom. The van der Waals surface area contributed by atoms with E-state index in [1.807, 2.05) is 43.3 Å². The van der Waals surface area contributed by atoms with E-state index in [2.05, 4.69) is 23.5 Å². The number of nitrogens with one attached hydrogen (secondary N) is 1. The largest absolute Gasteiger partial charge is 0.355 e. The molecule has 3 aromatic rings. The summed E-state index contributed by atoms with van der Waals surface area (Å²) in [5.41, 5.74) is 8.79. The predicted octanol–water partition coefficient (Wildman–Crippen LogP) is 6.01. The number of anilines is 2. The Morgan fingerprint density at radius 1 is 1.15 bits per heavy atom. The van der Waals surface area contributed by atoms with Gasteiger partial charge in [-0.1, -0.05) is 29.8 Å². The molecule has 0 saturated carbocycles. The highest BCUT2D eigenvalue weighted by molar-refractivity contribution is 6.30. The maximum absolute atomic E-state index is 8.93. The van der Waals surface area contributed by atoms with Crippen molar-refractivity contribution in [3.05, 3.63) is 75.9 Å². The number of aryl methyl sites for hydroxylation is 2. The molecule has 0 saturated heterocycles. The van der Waals surface area contributed by atoms with Gasteiger partial charge in [0.1, 0.15) is 0 Å². The summed E-state index contributed by atoms with van der Waals surface area (Å²) in [6.45, 7) is 2.05. The Bertz CT molecular complexity index is 1050. The molecule has 3 nitrogen and oxygen atoms in total. The number of halogens is 1. The van der Waals surface area contributed by atoms with Gasteiger partial charge in [0, 0.05) is 27.7 Å². The van der Waals surface area contributed by atoms with Crippen LogP contribution < -0.4 is 5.32 Å². The van der Waals surface area contributed by atoms with Crippen molar-refractivity contribution < 1.29 is 0 Å².